The summed E-state index contributed by atoms with van der Waals surface area (Å²) >= 11 is 12.8. The number of piperazine rings is 1. The van der Waals surface area contributed by atoms with E-state index in [0.29, 0.717) is 34.6 Å². The third kappa shape index (κ3) is 7.11. The Kier molecular flexibility index (Phi) is 9.87. The van der Waals surface area contributed by atoms with Crippen molar-refractivity contribution >= 4 is 34.6 Å². The van der Waals surface area contributed by atoms with Crippen molar-refractivity contribution in [1.82, 2.24) is 29.1 Å². The van der Waals surface area contributed by atoms with Crippen LogP contribution in [0.15, 0.2) is 84.2 Å². The second kappa shape index (κ2) is 14.5. The van der Waals surface area contributed by atoms with Crippen LogP contribution < -0.4 is 20.2 Å². The molecule has 0 spiro atoms. The number of hydrogen-bond donors (Lipinski definition) is 0. The normalized spacial score (nSPS) is 20.0. The van der Waals surface area contributed by atoms with E-state index in [-0.39, 0.29) is 24.4 Å². The molecule has 0 N–H and O–H groups in total. The van der Waals surface area contributed by atoms with Crippen LogP contribution in [-0.2, 0) is 21.8 Å². The van der Waals surface area contributed by atoms with Crippen molar-refractivity contribution in [3.05, 3.63) is 111 Å². The topological polar surface area (TPSA) is 105 Å². The first-order valence-electron chi connectivity index (χ1n) is 16.8. The Balaban J connectivity index is 0.929. The van der Waals surface area contributed by atoms with Gasteiger partial charge in [-0.15, -0.1) is 0 Å². The maximum atomic E-state index is 12.8. The number of ether oxygens (including phenoxy) is 3. The van der Waals surface area contributed by atoms with E-state index in [2.05, 4.69) is 49.2 Å². The van der Waals surface area contributed by atoms with Gasteiger partial charge in [-0.2, -0.15) is 10.2 Å². The predicted molar refractivity (Wildman–Crippen MR) is 193 cm³/mol. The van der Waals surface area contributed by atoms with Crippen LogP contribution in [0.25, 0.3) is 5.69 Å². The molecule has 4 heterocycles. The molecule has 0 aliphatic carbocycles. The van der Waals surface area contributed by atoms with Crippen molar-refractivity contribution < 1.29 is 14.2 Å². The van der Waals surface area contributed by atoms with E-state index in [1.54, 1.807) is 34.0 Å². The number of hydrogen-bond acceptors (Lipinski definition) is 9. The van der Waals surface area contributed by atoms with Gasteiger partial charge in [-0.05, 0) is 80.9 Å². The number of rotatable bonds is 11. The number of anilines is 2. The summed E-state index contributed by atoms with van der Waals surface area (Å²) in [7, 11) is 0. The minimum Gasteiger partial charge on any atom is -0.491 e. The van der Waals surface area contributed by atoms with Crippen molar-refractivity contribution in [3.63, 3.8) is 0 Å². The van der Waals surface area contributed by atoms with Gasteiger partial charge in [0.2, 0.25) is 5.79 Å². The van der Waals surface area contributed by atoms with Gasteiger partial charge in [-0.25, -0.2) is 23.7 Å². The summed E-state index contributed by atoms with van der Waals surface area (Å²) in [6, 6.07) is 21.6. The highest BCUT2D eigenvalue weighted by atomic mass is 35.5. The Morgan fingerprint density at radius 2 is 1.60 bits per heavy atom. The molecule has 12 nitrogen and oxygen atoms in total. The van der Waals surface area contributed by atoms with Crippen molar-refractivity contribution in [2.75, 3.05) is 49.2 Å². The van der Waals surface area contributed by atoms with Crippen molar-refractivity contribution in [3.8, 4) is 11.4 Å². The molecule has 7 rings (SSSR count). The molecular formula is C36H40Cl2N8O4. The highest BCUT2D eigenvalue weighted by molar-refractivity contribution is 6.35. The lowest BCUT2D eigenvalue weighted by atomic mass is 10.1. The van der Waals surface area contributed by atoms with Gasteiger partial charge in [0.1, 0.15) is 43.5 Å². The van der Waals surface area contributed by atoms with Gasteiger partial charge in [-0.1, -0.05) is 36.2 Å². The molecule has 0 saturated carbocycles. The van der Waals surface area contributed by atoms with E-state index in [1.807, 2.05) is 51.1 Å². The number of aromatic nitrogens is 6. The van der Waals surface area contributed by atoms with Crippen molar-refractivity contribution in [1.29, 1.82) is 0 Å². The van der Waals surface area contributed by atoms with Crippen LogP contribution in [0.2, 0.25) is 10.0 Å². The molecule has 262 valence electrons. The second-order valence-corrected chi connectivity index (χ2v) is 13.5. The monoisotopic (exact) mass is 718 g/mol. The van der Waals surface area contributed by atoms with E-state index < -0.39 is 5.79 Å². The van der Waals surface area contributed by atoms with Crippen LogP contribution >= 0.6 is 23.2 Å². The van der Waals surface area contributed by atoms with Crippen LogP contribution in [-0.4, -0.2) is 74.6 Å². The molecule has 0 bridgehead atoms. The Labute approximate surface area is 300 Å². The summed E-state index contributed by atoms with van der Waals surface area (Å²) in [5, 5.41) is 9.70. The van der Waals surface area contributed by atoms with Crippen LogP contribution in [0.3, 0.4) is 0 Å². The molecule has 2 aliphatic rings. The maximum absolute atomic E-state index is 12.8. The lowest BCUT2D eigenvalue weighted by Crippen LogP contribution is -2.46. The first kappa shape index (κ1) is 34.1. The summed E-state index contributed by atoms with van der Waals surface area (Å²) in [6.45, 7) is 10.3. The Bertz CT molecular complexity index is 1970. The van der Waals surface area contributed by atoms with Gasteiger partial charge in [-0.3, -0.25) is 0 Å². The molecule has 2 fully saturated rings. The van der Waals surface area contributed by atoms with Gasteiger partial charge in [0, 0.05) is 48.1 Å². The van der Waals surface area contributed by atoms with Gasteiger partial charge in [0.15, 0.2) is 0 Å². The van der Waals surface area contributed by atoms with Crippen LogP contribution in [0.1, 0.15) is 37.7 Å². The fourth-order valence-corrected chi connectivity index (χ4v) is 6.94. The summed E-state index contributed by atoms with van der Waals surface area (Å²) in [5.74, 6) is 0.234. The third-order valence-electron chi connectivity index (χ3n) is 9.33. The highest BCUT2D eigenvalue weighted by Crippen LogP contribution is 2.40. The summed E-state index contributed by atoms with van der Waals surface area (Å²) < 4.78 is 23.8. The molecule has 2 saturated heterocycles. The average Bonchev–Trinajstić information content (AvgIpc) is 3.85. The number of aryl methyl sites for hydroxylation is 1. The number of halogens is 2. The minimum absolute atomic E-state index is 0.0640. The van der Waals surface area contributed by atoms with Gasteiger partial charge in [0.25, 0.3) is 0 Å². The first-order chi connectivity index (χ1) is 24.2. The van der Waals surface area contributed by atoms with Gasteiger partial charge >= 0.3 is 5.69 Å². The van der Waals surface area contributed by atoms with E-state index in [9.17, 15) is 4.79 Å². The van der Waals surface area contributed by atoms with E-state index in [4.69, 9.17) is 37.4 Å². The van der Waals surface area contributed by atoms with E-state index in [0.717, 1.165) is 55.4 Å². The highest BCUT2D eigenvalue weighted by Gasteiger charge is 2.45. The molecule has 50 heavy (non-hydrogen) atoms. The van der Waals surface area contributed by atoms with Gasteiger partial charge < -0.3 is 24.0 Å². The zero-order chi connectivity index (χ0) is 34.8. The zero-order valence-corrected chi connectivity index (χ0v) is 29.8. The van der Waals surface area contributed by atoms with E-state index >= 15 is 0 Å². The SMILES string of the molecule is CC[C@@H](C)n1ncn(-c2ccc(N3CCN(c4ccc(OC[C@@H]5CO[C@@](Cn6cnc(C)n6)(c6ccc(Cl)cc6Cl)O5)cc4)CC3)cc2)c1=O. The Morgan fingerprint density at radius 1 is 0.940 bits per heavy atom. The fraction of sp³-hybridized carbons (Fsp3) is 0.389. The van der Waals surface area contributed by atoms with Crippen molar-refractivity contribution in [2.24, 2.45) is 0 Å². The zero-order valence-electron chi connectivity index (χ0n) is 28.3. The summed E-state index contributed by atoms with van der Waals surface area (Å²) in [6.07, 6.45) is 3.76. The third-order valence-corrected chi connectivity index (χ3v) is 9.88. The maximum Gasteiger partial charge on any atom is 0.350 e. The predicted octanol–water partition coefficient (Wildman–Crippen LogP) is 5.89. The summed E-state index contributed by atoms with van der Waals surface area (Å²) in [5.41, 5.74) is 3.64. The summed E-state index contributed by atoms with van der Waals surface area (Å²) in [4.78, 5) is 21.8. The van der Waals surface area contributed by atoms with Crippen LogP contribution in [0.4, 0.5) is 11.4 Å². The number of benzene rings is 3. The largest absolute Gasteiger partial charge is 0.491 e. The lowest BCUT2D eigenvalue weighted by molar-refractivity contribution is -0.190. The number of nitrogens with zero attached hydrogens (tertiary/aromatic N) is 8. The van der Waals surface area contributed by atoms with Crippen molar-refractivity contribution in [2.45, 2.75) is 51.7 Å². The standard InChI is InChI=1S/C36H40Cl2N8O4/c1-4-25(2)46-35(47)45(24-40-46)30-8-6-28(7-9-30)42-15-17-43(18-16-42)29-10-12-31(13-11-29)48-20-32-21-49-36(50-32,22-44-23-39-26(3)41-44)33-14-5-27(37)19-34(33)38/h5-14,19,23-25,32H,4,15-18,20-22H2,1-3H3/t25-,32-,36-/m1/s1. The molecule has 2 aliphatic heterocycles. The lowest BCUT2D eigenvalue weighted by Gasteiger charge is -2.37. The molecule has 0 unspecified atom stereocenters. The molecule has 3 atom stereocenters. The second-order valence-electron chi connectivity index (χ2n) is 12.7. The Hall–Kier alpha value is -4.36. The fourth-order valence-electron chi connectivity index (χ4n) is 6.39. The molecule has 3 aromatic carbocycles. The average molecular weight is 720 g/mol. The molecule has 14 heteroatoms. The van der Waals surface area contributed by atoms with Crippen LogP contribution in [0, 0.1) is 6.92 Å². The quantitative estimate of drug-likeness (QED) is 0.166. The first-order valence-corrected chi connectivity index (χ1v) is 17.6. The molecule has 0 amide bonds. The smallest absolute Gasteiger partial charge is 0.350 e. The van der Waals surface area contributed by atoms with Gasteiger partial charge in [0.05, 0.1) is 23.4 Å². The molecule has 5 aromatic rings. The molecule has 0 radical (unpaired) electrons. The Morgan fingerprint density at radius 3 is 2.22 bits per heavy atom. The van der Waals surface area contributed by atoms with E-state index in [1.165, 1.54) is 4.68 Å². The molecule has 2 aromatic heterocycles. The minimum atomic E-state index is -1.17. The van der Waals surface area contributed by atoms with Crippen LogP contribution in [0.5, 0.6) is 5.75 Å². The molecular weight excluding hydrogens is 679 g/mol.